The molecule has 0 aliphatic carbocycles. The number of likely N-dealkylation sites (tertiary alicyclic amines) is 1. The van der Waals surface area contributed by atoms with Crippen LogP contribution in [0.25, 0.3) is 20.5 Å². The van der Waals surface area contributed by atoms with Gasteiger partial charge < -0.3 is 14.2 Å². The number of piperidine rings is 1. The third-order valence-electron chi connectivity index (χ3n) is 6.96. The van der Waals surface area contributed by atoms with Gasteiger partial charge in [-0.3, -0.25) is 9.69 Å². The summed E-state index contributed by atoms with van der Waals surface area (Å²) in [5, 5.41) is 0.934. The maximum atomic E-state index is 13.9. The maximum Gasteiger partial charge on any atom is 0.195 e. The summed E-state index contributed by atoms with van der Waals surface area (Å²) in [6.45, 7) is 6.72. The molecule has 1 aliphatic rings. The summed E-state index contributed by atoms with van der Waals surface area (Å²) in [5.74, 6) is 2.41. The van der Waals surface area contributed by atoms with E-state index in [9.17, 15) is 4.79 Å². The largest absolute Gasteiger partial charge is 0.497 e. The van der Waals surface area contributed by atoms with Crippen LogP contribution in [0.4, 0.5) is 0 Å². The van der Waals surface area contributed by atoms with Gasteiger partial charge in [-0.1, -0.05) is 13.3 Å². The summed E-state index contributed by atoms with van der Waals surface area (Å²) < 4.78 is 18.2. The first-order valence-corrected chi connectivity index (χ1v) is 14.3. The smallest absolute Gasteiger partial charge is 0.195 e. The summed E-state index contributed by atoms with van der Waals surface area (Å²) in [4.78, 5) is 17.3. The Bertz CT molecular complexity index is 1350. The molecule has 5 rings (SSSR count). The van der Waals surface area contributed by atoms with Crippen molar-refractivity contribution in [1.82, 2.24) is 4.90 Å². The Morgan fingerprint density at radius 2 is 1.50 bits per heavy atom. The SMILES string of the molecule is CCCOc1ccc(C(=O)c2c(-c3ccc(OCCN4CCCCC4)cc3)sc3cc(OC)ccc23)cc1. The number of ether oxygens (including phenoxy) is 3. The van der Waals surface area contributed by atoms with Crippen molar-refractivity contribution in [3.63, 3.8) is 0 Å². The molecule has 0 atom stereocenters. The standard InChI is InChI=1S/C32H35NO4S/c1-3-20-36-25-11-7-23(8-12-25)31(34)30-28-16-15-27(35-2)22-29(28)38-32(30)24-9-13-26(14-10-24)37-21-19-33-17-5-4-6-18-33/h7-16,22H,3-6,17-21H2,1-2H3. The molecular formula is C32H35NO4S. The zero-order valence-electron chi connectivity index (χ0n) is 22.2. The molecule has 1 fully saturated rings. The average molecular weight is 530 g/mol. The van der Waals surface area contributed by atoms with Crippen molar-refractivity contribution in [3.8, 4) is 27.7 Å². The van der Waals surface area contributed by atoms with Crippen molar-refractivity contribution in [2.45, 2.75) is 32.6 Å². The Balaban J connectivity index is 1.40. The van der Waals surface area contributed by atoms with E-state index in [0.717, 1.165) is 50.7 Å². The summed E-state index contributed by atoms with van der Waals surface area (Å²) in [7, 11) is 1.66. The molecule has 5 nitrogen and oxygen atoms in total. The van der Waals surface area contributed by atoms with Crippen molar-refractivity contribution < 1.29 is 19.0 Å². The molecular weight excluding hydrogens is 494 g/mol. The van der Waals surface area contributed by atoms with Crippen molar-refractivity contribution in [2.24, 2.45) is 0 Å². The molecule has 4 aromatic rings. The number of nitrogens with zero attached hydrogens (tertiary/aromatic N) is 1. The Morgan fingerprint density at radius 1 is 0.842 bits per heavy atom. The first kappa shape index (κ1) is 26.3. The highest BCUT2D eigenvalue weighted by molar-refractivity contribution is 7.22. The van der Waals surface area contributed by atoms with Crippen LogP contribution in [0.3, 0.4) is 0 Å². The number of hydrogen-bond donors (Lipinski definition) is 0. The van der Waals surface area contributed by atoms with Crippen LogP contribution in [0.15, 0.2) is 66.7 Å². The van der Waals surface area contributed by atoms with E-state index in [1.54, 1.807) is 18.4 Å². The summed E-state index contributed by atoms with van der Waals surface area (Å²) in [6, 6.07) is 21.5. The molecule has 0 radical (unpaired) electrons. The van der Waals surface area contributed by atoms with Crippen molar-refractivity contribution in [2.75, 3.05) is 40.0 Å². The summed E-state index contributed by atoms with van der Waals surface area (Å²) >= 11 is 1.61. The van der Waals surface area contributed by atoms with Crippen molar-refractivity contribution >= 4 is 27.2 Å². The minimum absolute atomic E-state index is 0.000293. The zero-order valence-corrected chi connectivity index (χ0v) is 23.0. The van der Waals surface area contributed by atoms with Crippen molar-refractivity contribution in [3.05, 3.63) is 77.9 Å². The predicted octanol–water partition coefficient (Wildman–Crippen LogP) is 7.46. The zero-order chi connectivity index (χ0) is 26.3. The molecule has 0 amide bonds. The molecule has 1 aromatic heterocycles. The number of methoxy groups -OCH3 is 1. The number of carbonyl (C=O) groups excluding carboxylic acids is 1. The van der Waals surface area contributed by atoms with Crippen LogP contribution in [0.1, 0.15) is 48.5 Å². The number of carbonyl (C=O) groups is 1. The van der Waals surface area contributed by atoms with Crippen LogP contribution in [0.2, 0.25) is 0 Å². The second kappa shape index (κ2) is 12.5. The molecule has 1 aliphatic heterocycles. The Kier molecular flexibility index (Phi) is 8.61. The fraction of sp³-hybridized carbons (Fsp3) is 0.344. The van der Waals surface area contributed by atoms with Crippen molar-refractivity contribution in [1.29, 1.82) is 0 Å². The Labute approximate surface area is 229 Å². The molecule has 198 valence electrons. The minimum Gasteiger partial charge on any atom is -0.497 e. The van der Waals surface area contributed by atoms with Gasteiger partial charge in [-0.2, -0.15) is 0 Å². The normalized spacial score (nSPS) is 13.9. The van der Waals surface area contributed by atoms with Gasteiger partial charge in [-0.25, -0.2) is 0 Å². The lowest BCUT2D eigenvalue weighted by molar-refractivity contribution is 0.104. The number of hydrogen-bond acceptors (Lipinski definition) is 6. The number of benzene rings is 3. The Hall–Kier alpha value is -3.35. The van der Waals surface area contributed by atoms with Crippen LogP contribution < -0.4 is 14.2 Å². The second-order valence-electron chi connectivity index (χ2n) is 9.65. The molecule has 2 heterocycles. The lowest BCUT2D eigenvalue weighted by atomic mass is 9.97. The maximum absolute atomic E-state index is 13.9. The molecule has 0 N–H and O–H groups in total. The fourth-order valence-corrected chi connectivity index (χ4v) is 6.11. The van der Waals surface area contributed by atoms with Gasteiger partial charge in [-0.05, 0) is 105 Å². The van der Waals surface area contributed by atoms with Gasteiger partial charge in [0, 0.05) is 32.6 Å². The van der Waals surface area contributed by atoms with E-state index in [1.807, 2.05) is 54.6 Å². The number of fused-ring (bicyclic) bond motifs is 1. The second-order valence-corrected chi connectivity index (χ2v) is 10.7. The van der Waals surface area contributed by atoms with E-state index < -0.39 is 0 Å². The number of rotatable bonds is 11. The third-order valence-corrected chi connectivity index (χ3v) is 8.16. The van der Waals surface area contributed by atoms with E-state index in [0.29, 0.717) is 24.3 Å². The topological polar surface area (TPSA) is 48.0 Å². The summed E-state index contributed by atoms with van der Waals surface area (Å²) in [6.07, 6.45) is 4.85. The fourth-order valence-electron chi connectivity index (χ4n) is 4.88. The van der Waals surface area contributed by atoms with Gasteiger partial charge >= 0.3 is 0 Å². The monoisotopic (exact) mass is 529 g/mol. The van der Waals surface area contributed by atoms with Crippen LogP contribution >= 0.6 is 11.3 Å². The van der Waals surface area contributed by atoms with E-state index >= 15 is 0 Å². The predicted molar refractivity (Wildman–Crippen MR) is 155 cm³/mol. The summed E-state index contributed by atoms with van der Waals surface area (Å²) in [5.41, 5.74) is 2.36. The van der Waals surface area contributed by atoms with Crippen LogP contribution in [-0.4, -0.2) is 50.6 Å². The lowest BCUT2D eigenvalue weighted by Crippen LogP contribution is -2.33. The first-order valence-electron chi connectivity index (χ1n) is 13.5. The highest BCUT2D eigenvalue weighted by atomic mass is 32.1. The lowest BCUT2D eigenvalue weighted by Gasteiger charge is -2.26. The van der Waals surface area contributed by atoms with Gasteiger partial charge in [0.25, 0.3) is 0 Å². The molecule has 1 saturated heterocycles. The average Bonchev–Trinajstić information content (AvgIpc) is 3.35. The van der Waals surface area contributed by atoms with Gasteiger partial charge in [0.05, 0.1) is 13.7 Å². The number of ketones is 1. The quantitative estimate of drug-likeness (QED) is 0.189. The Morgan fingerprint density at radius 3 is 2.18 bits per heavy atom. The molecule has 38 heavy (non-hydrogen) atoms. The van der Waals surface area contributed by atoms with E-state index in [-0.39, 0.29) is 5.78 Å². The molecule has 3 aromatic carbocycles. The molecule has 0 unspecified atom stereocenters. The highest BCUT2D eigenvalue weighted by Crippen LogP contribution is 2.41. The van der Waals surface area contributed by atoms with Crippen LogP contribution in [0.5, 0.6) is 17.2 Å². The van der Waals surface area contributed by atoms with E-state index in [2.05, 4.69) is 24.0 Å². The molecule has 6 heteroatoms. The third kappa shape index (κ3) is 6.03. The van der Waals surface area contributed by atoms with Gasteiger partial charge in [0.1, 0.15) is 23.9 Å². The van der Waals surface area contributed by atoms with Crippen LogP contribution in [0, 0.1) is 0 Å². The molecule has 0 saturated carbocycles. The van der Waals surface area contributed by atoms with Gasteiger partial charge in [-0.15, -0.1) is 11.3 Å². The molecule has 0 bridgehead atoms. The van der Waals surface area contributed by atoms with Gasteiger partial charge in [0.2, 0.25) is 0 Å². The van der Waals surface area contributed by atoms with Crippen LogP contribution in [-0.2, 0) is 0 Å². The number of thiophene rings is 1. The first-order chi connectivity index (χ1) is 18.7. The van der Waals surface area contributed by atoms with E-state index in [1.165, 1.54) is 32.4 Å². The highest BCUT2D eigenvalue weighted by Gasteiger charge is 2.22. The van der Waals surface area contributed by atoms with Gasteiger partial charge in [0.15, 0.2) is 5.78 Å². The minimum atomic E-state index is 0.000293. The van der Waals surface area contributed by atoms with E-state index in [4.69, 9.17) is 14.2 Å². The molecule has 0 spiro atoms.